The molecule has 0 fully saturated rings. The van der Waals surface area contributed by atoms with E-state index in [2.05, 4.69) is 11.4 Å². The Kier molecular flexibility index (Phi) is 2.73. The Balaban J connectivity index is 1.92. The minimum atomic E-state index is 0.257. The first-order chi connectivity index (χ1) is 9.26. The van der Waals surface area contributed by atoms with Crippen LogP contribution in [0.2, 0.25) is 0 Å². The van der Waals surface area contributed by atoms with E-state index < -0.39 is 0 Å². The van der Waals surface area contributed by atoms with Crippen LogP contribution in [0.4, 0.5) is 11.4 Å². The molecule has 4 nitrogen and oxygen atoms in total. The van der Waals surface area contributed by atoms with Gasteiger partial charge in [-0.1, -0.05) is 6.07 Å². The Morgan fingerprint density at radius 3 is 2.79 bits per heavy atom. The molecule has 4 heteroatoms. The molecule has 0 saturated heterocycles. The number of hydrogen-bond donors (Lipinski definition) is 1. The summed E-state index contributed by atoms with van der Waals surface area (Å²) in [6.45, 7) is 2.22. The number of nitrogens with zero attached hydrogens (tertiary/aromatic N) is 1. The highest BCUT2D eigenvalue weighted by atomic mass is 16.7. The van der Waals surface area contributed by atoms with Gasteiger partial charge in [0.15, 0.2) is 11.5 Å². The predicted molar refractivity (Wildman–Crippen MR) is 71.7 cm³/mol. The Bertz CT molecular complexity index is 674. The van der Waals surface area contributed by atoms with Crippen molar-refractivity contribution < 1.29 is 9.47 Å². The van der Waals surface area contributed by atoms with Crippen molar-refractivity contribution in [3.8, 4) is 17.6 Å². The third-order valence-electron chi connectivity index (χ3n) is 2.95. The summed E-state index contributed by atoms with van der Waals surface area (Å²) >= 11 is 0. The summed E-state index contributed by atoms with van der Waals surface area (Å²) in [6, 6.07) is 13.5. The van der Waals surface area contributed by atoms with Gasteiger partial charge in [-0.15, -0.1) is 0 Å². The first kappa shape index (κ1) is 11.4. The maximum absolute atomic E-state index is 9.14. The average molecular weight is 252 g/mol. The lowest BCUT2D eigenvalue weighted by Gasteiger charge is -2.09. The number of fused-ring (bicyclic) bond motifs is 1. The highest BCUT2D eigenvalue weighted by Gasteiger charge is 2.13. The van der Waals surface area contributed by atoms with Crippen molar-refractivity contribution in [2.24, 2.45) is 0 Å². The van der Waals surface area contributed by atoms with Crippen LogP contribution in [-0.4, -0.2) is 6.79 Å². The van der Waals surface area contributed by atoms with Gasteiger partial charge in [0, 0.05) is 11.8 Å². The van der Waals surface area contributed by atoms with Crippen LogP contribution >= 0.6 is 0 Å². The third-order valence-corrected chi connectivity index (χ3v) is 2.95. The molecule has 0 unspecified atom stereocenters. The zero-order valence-corrected chi connectivity index (χ0v) is 10.4. The molecule has 2 aromatic rings. The molecule has 0 aliphatic carbocycles. The molecular weight excluding hydrogens is 240 g/mol. The highest BCUT2D eigenvalue weighted by molar-refractivity contribution is 5.69. The van der Waals surface area contributed by atoms with Crippen LogP contribution in [0.15, 0.2) is 36.4 Å². The van der Waals surface area contributed by atoms with Crippen molar-refractivity contribution in [2.75, 3.05) is 12.1 Å². The highest BCUT2D eigenvalue weighted by Crippen LogP contribution is 2.35. The number of aryl methyl sites for hydroxylation is 1. The molecule has 3 rings (SSSR count). The SMILES string of the molecule is Cc1ccc(Nc2ccc3c(c2)OCO3)c(C#N)c1. The first-order valence-corrected chi connectivity index (χ1v) is 5.94. The minimum Gasteiger partial charge on any atom is -0.454 e. The van der Waals surface area contributed by atoms with Crippen molar-refractivity contribution in [3.63, 3.8) is 0 Å². The lowest BCUT2D eigenvalue weighted by Crippen LogP contribution is -1.94. The third kappa shape index (κ3) is 2.18. The quantitative estimate of drug-likeness (QED) is 0.890. The van der Waals surface area contributed by atoms with Gasteiger partial charge in [-0.05, 0) is 36.8 Å². The molecule has 0 atom stereocenters. The second-order valence-corrected chi connectivity index (χ2v) is 4.35. The Labute approximate surface area is 111 Å². The standard InChI is InChI=1S/C15H12N2O2/c1-10-2-4-13(11(6-10)8-16)17-12-3-5-14-15(7-12)19-9-18-14/h2-7,17H,9H2,1H3. The van der Waals surface area contributed by atoms with Crippen LogP contribution in [0.5, 0.6) is 11.5 Å². The van der Waals surface area contributed by atoms with E-state index in [0.717, 1.165) is 28.4 Å². The fourth-order valence-electron chi connectivity index (χ4n) is 1.99. The molecule has 0 radical (unpaired) electrons. The van der Waals surface area contributed by atoms with Crippen LogP contribution in [-0.2, 0) is 0 Å². The zero-order chi connectivity index (χ0) is 13.2. The number of hydrogen-bond acceptors (Lipinski definition) is 4. The van der Waals surface area contributed by atoms with Crippen molar-refractivity contribution in [1.29, 1.82) is 5.26 Å². The molecule has 1 N–H and O–H groups in total. The van der Waals surface area contributed by atoms with E-state index in [0.29, 0.717) is 5.56 Å². The van der Waals surface area contributed by atoms with Gasteiger partial charge in [-0.2, -0.15) is 5.26 Å². The van der Waals surface area contributed by atoms with E-state index >= 15 is 0 Å². The smallest absolute Gasteiger partial charge is 0.231 e. The normalized spacial score (nSPS) is 12.0. The maximum atomic E-state index is 9.14. The summed E-state index contributed by atoms with van der Waals surface area (Å²) in [5.74, 6) is 1.46. The Morgan fingerprint density at radius 2 is 1.95 bits per heavy atom. The van der Waals surface area contributed by atoms with Gasteiger partial charge in [-0.3, -0.25) is 0 Å². The number of anilines is 2. The van der Waals surface area contributed by atoms with Crippen LogP contribution in [0.1, 0.15) is 11.1 Å². The number of rotatable bonds is 2. The molecule has 1 heterocycles. The van der Waals surface area contributed by atoms with Gasteiger partial charge in [0.05, 0.1) is 11.3 Å². The van der Waals surface area contributed by atoms with E-state index in [9.17, 15) is 0 Å². The molecule has 1 aliphatic rings. The van der Waals surface area contributed by atoms with Crippen molar-refractivity contribution in [3.05, 3.63) is 47.5 Å². The Morgan fingerprint density at radius 1 is 1.11 bits per heavy atom. The van der Waals surface area contributed by atoms with Crippen molar-refractivity contribution >= 4 is 11.4 Å². The van der Waals surface area contributed by atoms with E-state index in [1.807, 2.05) is 43.3 Å². The van der Waals surface area contributed by atoms with Gasteiger partial charge in [0.1, 0.15) is 6.07 Å². The largest absolute Gasteiger partial charge is 0.454 e. The summed E-state index contributed by atoms with van der Waals surface area (Å²) in [5, 5.41) is 12.4. The molecular formula is C15H12N2O2. The Hall–Kier alpha value is -2.67. The second kappa shape index (κ2) is 4.54. The molecule has 94 valence electrons. The summed E-state index contributed by atoms with van der Waals surface area (Å²) < 4.78 is 10.6. The molecule has 0 spiro atoms. The van der Waals surface area contributed by atoms with E-state index in [1.165, 1.54) is 0 Å². The van der Waals surface area contributed by atoms with Crippen LogP contribution in [0.3, 0.4) is 0 Å². The summed E-state index contributed by atoms with van der Waals surface area (Å²) in [5.41, 5.74) is 3.34. The molecule has 0 aromatic heterocycles. The van der Waals surface area contributed by atoms with Crippen molar-refractivity contribution in [1.82, 2.24) is 0 Å². The number of ether oxygens (including phenoxy) is 2. The van der Waals surface area contributed by atoms with Gasteiger partial charge in [0.25, 0.3) is 0 Å². The molecule has 0 saturated carbocycles. The first-order valence-electron chi connectivity index (χ1n) is 5.94. The molecule has 0 bridgehead atoms. The summed E-state index contributed by atoms with van der Waals surface area (Å²) in [7, 11) is 0. The van der Waals surface area contributed by atoms with Crippen LogP contribution in [0, 0.1) is 18.3 Å². The fourth-order valence-corrected chi connectivity index (χ4v) is 1.99. The summed E-state index contributed by atoms with van der Waals surface area (Å²) in [4.78, 5) is 0. The fraction of sp³-hybridized carbons (Fsp3) is 0.133. The predicted octanol–water partition coefficient (Wildman–Crippen LogP) is 3.34. The topological polar surface area (TPSA) is 54.3 Å². The van der Waals surface area contributed by atoms with Crippen LogP contribution < -0.4 is 14.8 Å². The average Bonchev–Trinajstić information content (AvgIpc) is 2.88. The number of nitriles is 1. The second-order valence-electron chi connectivity index (χ2n) is 4.35. The van der Waals surface area contributed by atoms with E-state index in [-0.39, 0.29) is 6.79 Å². The monoisotopic (exact) mass is 252 g/mol. The maximum Gasteiger partial charge on any atom is 0.231 e. The molecule has 0 amide bonds. The van der Waals surface area contributed by atoms with Crippen molar-refractivity contribution in [2.45, 2.75) is 6.92 Å². The van der Waals surface area contributed by atoms with Crippen LogP contribution in [0.25, 0.3) is 0 Å². The van der Waals surface area contributed by atoms with Gasteiger partial charge in [-0.25, -0.2) is 0 Å². The lowest BCUT2D eigenvalue weighted by atomic mass is 10.1. The number of benzene rings is 2. The zero-order valence-electron chi connectivity index (χ0n) is 10.4. The van der Waals surface area contributed by atoms with E-state index in [4.69, 9.17) is 14.7 Å². The lowest BCUT2D eigenvalue weighted by molar-refractivity contribution is 0.174. The van der Waals surface area contributed by atoms with Gasteiger partial charge in [0.2, 0.25) is 6.79 Å². The van der Waals surface area contributed by atoms with Gasteiger partial charge >= 0.3 is 0 Å². The van der Waals surface area contributed by atoms with Gasteiger partial charge < -0.3 is 14.8 Å². The molecule has 19 heavy (non-hydrogen) atoms. The summed E-state index contributed by atoms with van der Waals surface area (Å²) in [6.07, 6.45) is 0. The minimum absolute atomic E-state index is 0.257. The van der Waals surface area contributed by atoms with E-state index in [1.54, 1.807) is 0 Å². The molecule has 1 aliphatic heterocycles. The number of nitrogens with one attached hydrogen (secondary N) is 1. The molecule has 2 aromatic carbocycles.